The van der Waals surface area contributed by atoms with Gasteiger partial charge in [-0.1, -0.05) is 22.9 Å². The van der Waals surface area contributed by atoms with Crippen LogP contribution in [0.5, 0.6) is 0 Å². The average molecular weight is 224 g/mol. The Hall–Kier alpha value is -0.0900. The van der Waals surface area contributed by atoms with Gasteiger partial charge in [-0.25, -0.2) is 0 Å². The molecule has 0 spiro atoms. The zero-order valence-electron chi connectivity index (χ0n) is 6.89. The minimum atomic E-state index is -0.228. The number of nitrogens with one attached hydrogen (secondary N) is 1. The van der Waals surface area contributed by atoms with Crippen LogP contribution in [0.25, 0.3) is 0 Å². The van der Waals surface area contributed by atoms with Gasteiger partial charge in [-0.15, -0.1) is 0 Å². The van der Waals surface area contributed by atoms with Crippen LogP contribution >= 0.6 is 15.9 Å². The summed E-state index contributed by atoms with van der Waals surface area (Å²) in [5.41, 5.74) is 0. The number of hydrogen-bond acceptors (Lipinski definition) is 3. The lowest BCUT2D eigenvalue weighted by Gasteiger charge is -2.07. The monoisotopic (exact) mass is 223 g/mol. The lowest BCUT2D eigenvalue weighted by molar-refractivity contribution is -0.139. The Kier molecular flexibility index (Phi) is 6.56. The number of methoxy groups -OCH3 is 1. The van der Waals surface area contributed by atoms with Crippen LogP contribution in [0.15, 0.2) is 0 Å². The Morgan fingerprint density at radius 1 is 1.73 bits per heavy atom. The van der Waals surface area contributed by atoms with Crippen LogP contribution in [0.2, 0.25) is 0 Å². The van der Waals surface area contributed by atoms with Crippen LogP contribution in [0.3, 0.4) is 0 Å². The normalized spacial score (nSPS) is 12.6. The second-order valence-corrected chi connectivity index (χ2v) is 3.30. The van der Waals surface area contributed by atoms with Gasteiger partial charge in [0.05, 0.1) is 7.11 Å². The van der Waals surface area contributed by atoms with Crippen LogP contribution in [0.1, 0.15) is 13.3 Å². The molecular formula is C7H14BrNO2. The molecule has 0 aromatic rings. The van der Waals surface area contributed by atoms with Crippen LogP contribution in [0, 0.1) is 0 Å². The van der Waals surface area contributed by atoms with E-state index in [-0.39, 0.29) is 10.8 Å². The first-order valence-electron chi connectivity index (χ1n) is 3.65. The second kappa shape index (κ2) is 6.61. The van der Waals surface area contributed by atoms with Gasteiger partial charge in [-0.05, 0) is 13.0 Å². The molecule has 0 amide bonds. The maximum atomic E-state index is 10.8. The van der Waals surface area contributed by atoms with Crippen molar-refractivity contribution >= 4 is 21.9 Å². The number of carbonyl (C=O) groups excluding carboxylic acids is 1. The first-order chi connectivity index (χ1) is 5.22. The summed E-state index contributed by atoms with van der Waals surface area (Å²) in [6.07, 6.45) is 1.07. The molecule has 0 aromatic heterocycles. The quantitative estimate of drug-likeness (QED) is 0.428. The first-order valence-corrected chi connectivity index (χ1v) is 4.56. The Bertz CT molecular complexity index is 119. The van der Waals surface area contributed by atoms with Crippen molar-refractivity contribution < 1.29 is 9.53 Å². The molecular weight excluding hydrogens is 210 g/mol. The molecule has 0 aromatic carbocycles. The number of hydrogen-bond donors (Lipinski definition) is 1. The second-order valence-electron chi connectivity index (χ2n) is 2.19. The highest BCUT2D eigenvalue weighted by Gasteiger charge is 2.13. The summed E-state index contributed by atoms with van der Waals surface area (Å²) in [5.74, 6) is -0.228. The number of rotatable bonds is 5. The molecule has 11 heavy (non-hydrogen) atoms. The Morgan fingerprint density at radius 3 is 2.82 bits per heavy atom. The van der Waals surface area contributed by atoms with Gasteiger partial charge in [0, 0.05) is 6.54 Å². The van der Waals surface area contributed by atoms with Crippen molar-refractivity contribution in [3.63, 3.8) is 0 Å². The number of halogens is 1. The van der Waals surface area contributed by atoms with E-state index in [1.807, 2.05) is 0 Å². The van der Waals surface area contributed by atoms with E-state index >= 15 is 0 Å². The molecule has 0 aliphatic heterocycles. The summed E-state index contributed by atoms with van der Waals surface area (Å²) in [6, 6.07) is 0. The van der Waals surface area contributed by atoms with Crippen LogP contribution < -0.4 is 5.32 Å². The van der Waals surface area contributed by atoms with Crippen LogP contribution in [0.4, 0.5) is 0 Å². The molecule has 0 rings (SSSR count). The minimum absolute atomic E-state index is 0.223. The standard InChI is InChI=1S/C7H14BrNO2/c1-3-4-9-5-6(8)7(10)11-2/h6,9H,3-5H2,1-2H3. The lowest BCUT2D eigenvalue weighted by Crippen LogP contribution is -2.30. The van der Waals surface area contributed by atoms with Gasteiger partial charge >= 0.3 is 5.97 Å². The molecule has 1 N–H and O–H groups in total. The van der Waals surface area contributed by atoms with E-state index in [9.17, 15) is 4.79 Å². The lowest BCUT2D eigenvalue weighted by atomic mass is 10.4. The van der Waals surface area contributed by atoms with Gasteiger partial charge in [-0.2, -0.15) is 0 Å². The highest BCUT2D eigenvalue weighted by Crippen LogP contribution is 1.99. The molecule has 0 aliphatic carbocycles. The van der Waals surface area contributed by atoms with Gasteiger partial charge in [0.1, 0.15) is 4.83 Å². The number of esters is 1. The molecule has 0 heterocycles. The number of ether oxygens (including phenoxy) is 1. The fourth-order valence-electron chi connectivity index (χ4n) is 0.617. The van der Waals surface area contributed by atoms with Gasteiger partial charge < -0.3 is 10.1 Å². The predicted octanol–water partition coefficient (Wildman–Crippen LogP) is 0.922. The van der Waals surface area contributed by atoms with E-state index in [0.29, 0.717) is 6.54 Å². The fraction of sp³-hybridized carbons (Fsp3) is 0.857. The van der Waals surface area contributed by atoms with Crippen molar-refractivity contribution in [3.8, 4) is 0 Å². The van der Waals surface area contributed by atoms with Crippen molar-refractivity contribution in [2.45, 2.75) is 18.2 Å². The van der Waals surface area contributed by atoms with E-state index < -0.39 is 0 Å². The third-order valence-electron chi connectivity index (χ3n) is 1.21. The molecule has 3 nitrogen and oxygen atoms in total. The smallest absolute Gasteiger partial charge is 0.320 e. The van der Waals surface area contributed by atoms with E-state index in [1.54, 1.807) is 0 Å². The Labute approximate surface area is 75.6 Å². The van der Waals surface area contributed by atoms with Gasteiger partial charge in [0.2, 0.25) is 0 Å². The summed E-state index contributed by atoms with van der Waals surface area (Å²) in [6.45, 7) is 3.63. The predicted molar refractivity (Wildman–Crippen MR) is 47.9 cm³/mol. The van der Waals surface area contributed by atoms with E-state index in [0.717, 1.165) is 13.0 Å². The minimum Gasteiger partial charge on any atom is -0.468 e. The molecule has 1 unspecified atom stereocenters. The van der Waals surface area contributed by atoms with E-state index in [2.05, 4.69) is 32.9 Å². The summed E-state index contributed by atoms with van der Waals surface area (Å²) < 4.78 is 4.52. The van der Waals surface area contributed by atoms with Crippen molar-refractivity contribution in [2.75, 3.05) is 20.2 Å². The van der Waals surface area contributed by atoms with Crippen LogP contribution in [-0.4, -0.2) is 31.0 Å². The topological polar surface area (TPSA) is 38.3 Å². The highest BCUT2D eigenvalue weighted by atomic mass is 79.9. The third kappa shape index (κ3) is 5.21. The van der Waals surface area contributed by atoms with Crippen molar-refractivity contribution in [3.05, 3.63) is 0 Å². The van der Waals surface area contributed by atoms with Crippen molar-refractivity contribution in [2.24, 2.45) is 0 Å². The van der Waals surface area contributed by atoms with Gasteiger partial charge in [0.25, 0.3) is 0 Å². The molecule has 1 atom stereocenters. The highest BCUT2D eigenvalue weighted by molar-refractivity contribution is 9.10. The summed E-state index contributed by atoms with van der Waals surface area (Å²) in [4.78, 5) is 10.6. The molecule has 4 heteroatoms. The maximum absolute atomic E-state index is 10.8. The number of alkyl halides is 1. The summed E-state index contributed by atoms with van der Waals surface area (Å²) >= 11 is 3.20. The SMILES string of the molecule is CCCNCC(Br)C(=O)OC. The summed E-state index contributed by atoms with van der Waals surface area (Å²) in [7, 11) is 1.39. The van der Waals surface area contributed by atoms with E-state index in [4.69, 9.17) is 0 Å². The van der Waals surface area contributed by atoms with Crippen molar-refractivity contribution in [1.82, 2.24) is 5.32 Å². The van der Waals surface area contributed by atoms with E-state index in [1.165, 1.54) is 7.11 Å². The van der Waals surface area contributed by atoms with Crippen LogP contribution in [-0.2, 0) is 9.53 Å². The molecule has 0 fully saturated rings. The third-order valence-corrected chi connectivity index (χ3v) is 1.90. The number of carbonyl (C=O) groups is 1. The average Bonchev–Trinajstić information content (AvgIpc) is 2.03. The Morgan fingerprint density at radius 2 is 2.36 bits per heavy atom. The largest absolute Gasteiger partial charge is 0.468 e. The van der Waals surface area contributed by atoms with Gasteiger partial charge in [-0.3, -0.25) is 4.79 Å². The zero-order valence-corrected chi connectivity index (χ0v) is 8.48. The fourth-order valence-corrected chi connectivity index (χ4v) is 1.03. The molecule has 0 bridgehead atoms. The molecule has 0 saturated heterocycles. The first kappa shape index (κ1) is 10.9. The molecule has 0 radical (unpaired) electrons. The maximum Gasteiger partial charge on any atom is 0.320 e. The Balaban J connectivity index is 3.36. The van der Waals surface area contributed by atoms with Crippen molar-refractivity contribution in [1.29, 1.82) is 0 Å². The molecule has 0 aliphatic rings. The molecule has 0 saturated carbocycles. The van der Waals surface area contributed by atoms with Gasteiger partial charge in [0.15, 0.2) is 0 Å². The summed E-state index contributed by atoms with van der Waals surface area (Å²) in [5, 5.41) is 3.10. The molecule has 66 valence electrons. The zero-order chi connectivity index (χ0) is 8.69.